The van der Waals surface area contributed by atoms with Crippen molar-refractivity contribution < 1.29 is 19.1 Å². The highest BCUT2D eigenvalue weighted by atomic mass is 16.5. The van der Waals surface area contributed by atoms with Crippen LogP contribution in [-0.4, -0.2) is 30.9 Å². The Morgan fingerprint density at radius 1 is 1.21 bits per heavy atom. The van der Waals surface area contributed by atoms with Crippen LogP contribution in [0.1, 0.15) is 51.3 Å². The molecule has 1 unspecified atom stereocenters. The number of benzene rings is 2. The molecule has 1 aliphatic heterocycles. The van der Waals surface area contributed by atoms with E-state index >= 15 is 0 Å². The van der Waals surface area contributed by atoms with Crippen LogP contribution >= 0.6 is 0 Å². The van der Waals surface area contributed by atoms with Gasteiger partial charge < -0.3 is 10.1 Å². The second-order valence-electron chi connectivity index (χ2n) is 6.85. The van der Waals surface area contributed by atoms with Gasteiger partial charge in [0.05, 0.1) is 17.9 Å². The third-order valence-electron chi connectivity index (χ3n) is 4.91. The van der Waals surface area contributed by atoms with Crippen molar-refractivity contribution in [1.29, 1.82) is 0 Å². The summed E-state index contributed by atoms with van der Waals surface area (Å²) in [6.45, 7) is 8.03. The van der Waals surface area contributed by atoms with Gasteiger partial charge in [-0.1, -0.05) is 24.6 Å². The van der Waals surface area contributed by atoms with Crippen molar-refractivity contribution in [3.63, 3.8) is 0 Å². The normalized spacial score (nSPS) is 15.4. The van der Waals surface area contributed by atoms with E-state index < -0.39 is 12.1 Å². The zero-order chi connectivity index (χ0) is 20.4. The Labute approximate surface area is 164 Å². The third kappa shape index (κ3) is 3.38. The molecule has 0 fully saturated rings. The van der Waals surface area contributed by atoms with Gasteiger partial charge in [-0.2, -0.15) is 0 Å². The molecule has 6 heteroatoms. The molecule has 0 saturated carbocycles. The van der Waals surface area contributed by atoms with Crippen molar-refractivity contribution >= 4 is 29.5 Å². The van der Waals surface area contributed by atoms with Gasteiger partial charge in [0.2, 0.25) is 12.2 Å². The Hall–Kier alpha value is -3.15. The SMILES string of the molecule is CCOC(=O)c1ccc2c(c1)C(=O)C(Nc1c(C)cc(C)cc1CC)N2C=O. The van der Waals surface area contributed by atoms with Gasteiger partial charge in [0.1, 0.15) is 0 Å². The number of Topliss-reactive ketones (excluding diaryl/α,β-unsaturated/α-hetero) is 1. The van der Waals surface area contributed by atoms with Gasteiger partial charge in [-0.25, -0.2) is 4.79 Å². The number of nitrogens with one attached hydrogen (secondary N) is 1. The lowest BCUT2D eigenvalue weighted by Crippen LogP contribution is -2.41. The van der Waals surface area contributed by atoms with Crippen LogP contribution in [-0.2, 0) is 16.0 Å². The lowest BCUT2D eigenvalue weighted by atomic mass is 10.0. The van der Waals surface area contributed by atoms with Crippen molar-refractivity contribution in [2.45, 2.75) is 40.3 Å². The molecule has 0 bridgehead atoms. The summed E-state index contributed by atoms with van der Waals surface area (Å²) in [7, 11) is 0. The van der Waals surface area contributed by atoms with E-state index in [0.29, 0.717) is 23.2 Å². The molecule has 1 N–H and O–H groups in total. The molecule has 1 amide bonds. The molecule has 1 atom stereocenters. The summed E-state index contributed by atoms with van der Waals surface area (Å²) in [6.07, 6.45) is 0.588. The minimum atomic E-state index is -0.850. The van der Waals surface area contributed by atoms with E-state index in [1.165, 1.54) is 11.0 Å². The number of fused-ring (bicyclic) bond motifs is 1. The number of amides is 1. The van der Waals surface area contributed by atoms with E-state index in [1.54, 1.807) is 19.1 Å². The summed E-state index contributed by atoms with van der Waals surface area (Å²) in [6, 6.07) is 8.79. The summed E-state index contributed by atoms with van der Waals surface area (Å²) in [4.78, 5) is 38.2. The first-order valence-electron chi connectivity index (χ1n) is 9.36. The number of aryl methyl sites for hydroxylation is 3. The largest absolute Gasteiger partial charge is 0.462 e. The molecule has 6 nitrogen and oxygen atoms in total. The highest BCUT2D eigenvalue weighted by Gasteiger charge is 2.38. The Balaban J connectivity index is 1.99. The minimum absolute atomic E-state index is 0.251. The van der Waals surface area contributed by atoms with Crippen LogP contribution in [0.3, 0.4) is 0 Å². The second kappa shape index (κ2) is 7.84. The number of carbonyl (C=O) groups excluding carboxylic acids is 3. The molecule has 0 spiro atoms. The maximum atomic E-state index is 13.1. The molecule has 0 saturated heterocycles. The summed E-state index contributed by atoms with van der Waals surface area (Å²) >= 11 is 0. The Kier molecular flexibility index (Phi) is 5.49. The van der Waals surface area contributed by atoms with Crippen LogP contribution < -0.4 is 10.2 Å². The van der Waals surface area contributed by atoms with Crippen molar-refractivity contribution in [2.75, 3.05) is 16.8 Å². The maximum Gasteiger partial charge on any atom is 0.338 e. The molecule has 2 aromatic rings. The quantitative estimate of drug-likeness (QED) is 0.612. The number of nitrogens with zero attached hydrogens (tertiary/aromatic N) is 1. The van der Waals surface area contributed by atoms with Crippen LogP contribution in [0.4, 0.5) is 11.4 Å². The molecular formula is C22H24N2O4. The van der Waals surface area contributed by atoms with Gasteiger partial charge in [-0.3, -0.25) is 14.5 Å². The van der Waals surface area contributed by atoms with E-state index in [1.807, 2.05) is 26.8 Å². The number of esters is 1. The average Bonchev–Trinajstić information content (AvgIpc) is 2.94. The van der Waals surface area contributed by atoms with Crippen LogP contribution in [0.5, 0.6) is 0 Å². The summed E-state index contributed by atoms with van der Waals surface area (Å²) in [5, 5.41) is 3.26. The first-order valence-corrected chi connectivity index (χ1v) is 9.36. The molecular weight excluding hydrogens is 356 g/mol. The van der Waals surface area contributed by atoms with E-state index in [9.17, 15) is 14.4 Å². The molecule has 2 aromatic carbocycles. The Bertz CT molecular complexity index is 952. The molecule has 28 heavy (non-hydrogen) atoms. The highest BCUT2D eigenvalue weighted by molar-refractivity contribution is 6.16. The van der Waals surface area contributed by atoms with Crippen molar-refractivity contribution in [3.05, 3.63) is 58.1 Å². The predicted molar refractivity (Wildman–Crippen MR) is 108 cm³/mol. The number of ether oxygens (including phenoxy) is 1. The smallest absolute Gasteiger partial charge is 0.338 e. The number of ketones is 1. The minimum Gasteiger partial charge on any atom is -0.462 e. The van der Waals surface area contributed by atoms with Gasteiger partial charge in [0.15, 0.2) is 6.17 Å². The zero-order valence-electron chi connectivity index (χ0n) is 16.5. The number of anilines is 2. The first-order chi connectivity index (χ1) is 13.4. The molecule has 0 aliphatic carbocycles. The Morgan fingerprint density at radius 3 is 2.61 bits per heavy atom. The van der Waals surface area contributed by atoms with E-state index in [-0.39, 0.29) is 12.4 Å². The fraction of sp³-hybridized carbons (Fsp3) is 0.318. The average molecular weight is 380 g/mol. The van der Waals surface area contributed by atoms with Gasteiger partial charge >= 0.3 is 5.97 Å². The van der Waals surface area contributed by atoms with E-state index in [4.69, 9.17) is 4.74 Å². The van der Waals surface area contributed by atoms with Crippen molar-refractivity contribution in [1.82, 2.24) is 0 Å². The Morgan fingerprint density at radius 2 is 1.96 bits per heavy atom. The molecule has 3 rings (SSSR count). The number of rotatable bonds is 6. The number of hydrogen-bond acceptors (Lipinski definition) is 5. The fourth-order valence-corrected chi connectivity index (χ4v) is 3.64. The van der Waals surface area contributed by atoms with Crippen LogP contribution in [0.15, 0.2) is 30.3 Å². The van der Waals surface area contributed by atoms with Gasteiger partial charge in [-0.05, 0) is 56.5 Å². The zero-order valence-corrected chi connectivity index (χ0v) is 16.5. The van der Waals surface area contributed by atoms with Gasteiger partial charge in [0, 0.05) is 11.3 Å². The lowest BCUT2D eigenvalue weighted by Gasteiger charge is -2.24. The number of carbonyl (C=O) groups is 3. The fourth-order valence-electron chi connectivity index (χ4n) is 3.64. The number of hydrogen-bond donors (Lipinski definition) is 1. The molecule has 1 aliphatic rings. The van der Waals surface area contributed by atoms with E-state index in [0.717, 1.165) is 28.8 Å². The predicted octanol–water partition coefficient (Wildman–Crippen LogP) is 3.64. The lowest BCUT2D eigenvalue weighted by molar-refractivity contribution is -0.107. The molecule has 1 heterocycles. The monoisotopic (exact) mass is 380 g/mol. The maximum absolute atomic E-state index is 13.1. The van der Waals surface area contributed by atoms with Crippen molar-refractivity contribution in [3.8, 4) is 0 Å². The second-order valence-corrected chi connectivity index (χ2v) is 6.85. The standard InChI is InChI=1S/C22H24N2O4/c1-5-15-10-13(3)9-14(4)19(15)23-21-20(26)17-11-16(22(27)28-6-2)7-8-18(17)24(21)12-25/h7-12,21,23H,5-6H2,1-4H3. The van der Waals surface area contributed by atoms with Crippen LogP contribution in [0.25, 0.3) is 0 Å². The summed E-state index contributed by atoms with van der Waals surface area (Å²) in [5.74, 6) is -0.745. The third-order valence-corrected chi connectivity index (χ3v) is 4.91. The molecule has 0 radical (unpaired) electrons. The summed E-state index contributed by atoms with van der Waals surface area (Å²) in [5.41, 5.74) is 5.20. The van der Waals surface area contributed by atoms with Gasteiger partial charge in [-0.15, -0.1) is 0 Å². The molecule has 0 aromatic heterocycles. The topological polar surface area (TPSA) is 75.7 Å². The molecule has 146 valence electrons. The van der Waals surface area contributed by atoms with Gasteiger partial charge in [0.25, 0.3) is 0 Å². The first kappa shape index (κ1) is 19.6. The van der Waals surface area contributed by atoms with Crippen LogP contribution in [0, 0.1) is 13.8 Å². The summed E-state index contributed by atoms with van der Waals surface area (Å²) < 4.78 is 5.01. The van der Waals surface area contributed by atoms with Crippen molar-refractivity contribution in [2.24, 2.45) is 0 Å². The van der Waals surface area contributed by atoms with E-state index in [2.05, 4.69) is 11.4 Å². The van der Waals surface area contributed by atoms with Crippen LogP contribution in [0.2, 0.25) is 0 Å². The highest BCUT2D eigenvalue weighted by Crippen LogP contribution is 2.34.